The van der Waals surface area contributed by atoms with E-state index in [1.807, 2.05) is 50.2 Å². The van der Waals surface area contributed by atoms with E-state index in [0.717, 1.165) is 48.2 Å². The lowest BCUT2D eigenvalue weighted by molar-refractivity contribution is 0.0941. The molecule has 0 radical (unpaired) electrons. The van der Waals surface area contributed by atoms with E-state index in [1.165, 1.54) is 0 Å². The highest BCUT2D eigenvalue weighted by Crippen LogP contribution is 2.29. The Kier molecular flexibility index (Phi) is 6.82. The molecule has 2 heterocycles. The summed E-state index contributed by atoms with van der Waals surface area (Å²) in [6.07, 6.45) is 4.19. The smallest absolute Gasteiger partial charge is 0.254 e. The van der Waals surface area contributed by atoms with Gasteiger partial charge in [-0.25, -0.2) is 4.98 Å². The van der Waals surface area contributed by atoms with Crippen molar-refractivity contribution in [3.8, 4) is 0 Å². The molecular weight excluding hydrogens is 426 g/mol. The Morgan fingerprint density at radius 1 is 1.12 bits per heavy atom. The first-order chi connectivity index (χ1) is 16.1. The standard InChI is InChI=1S/C27H37N5O2/c1-17-21(15-23(34-17)27(2,3)4)25(33)28-16-18-11-13-19(14-12-18)29-26-30-22-10-8-7-9-20(22)24(31-26)32(5)6/h7-10,15,18-19H,11-14,16H2,1-6H3,(H,28,33)(H,29,30,31)/t18-,19+. The summed E-state index contributed by atoms with van der Waals surface area (Å²) in [4.78, 5) is 24.3. The molecule has 1 aliphatic carbocycles. The van der Waals surface area contributed by atoms with Gasteiger partial charge >= 0.3 is 0 Å². The van der Waals surface area contributed by atoms with Gasteiger partial charge in [0.05, 0.1) is 11.1 Å². The van der Waals surface area contributed by atoms with E-state index < -0.39 is 0 Å². The molecule has 0 saturated heterocycles. The molecule has 2 N–H and O–H groups in total. The molecule has 0 unspecified atom stereocenters. The highest BCUT2D eigenvalue weighted by molar-refractivity contribution is 5.95. The molecule has 3 aromatic rings. The minimum atomic E-state index is -0.114. The van der Waals surface area contributed by atoms with Gasteiger partial charge in [-0.3, -0.25) is 4.79 Å². The number of nitrogens with one attached hydrogen (secondary N) is 2. The third-order valence-corrected chi connectivity index (χ3v) is 6.64. The van der Waals surface area contributed by atoms with Crippen molar-refractivity contribution in [2.75, 3.05) is 30.9 Å². The number of hydrogen-bond donors (Lipinski definition) is 2. The summed E-state index contributed by atoms with van der Waals surface area (Å²) in [7, 11) is 4.01. The summed E-state index contributed by atoms with van der Waals surface area (Å²) in [6, 6.07) is 10.3. The van der Waals surface area contributed by atoms with Gasteiger partial charge in [-0.15, -0.1) is 0 Å². The van der Waals surface area contributed by atoms with Crippen LogP contribution in [-0.2, 0) is 5.41 Å². The molecule has 1 aromatic carbocycles. The molecule has 1 amide bonds. The van der Waals surface area contributed by atoms with Gasteiger partial charge in [0.25, 0.3) is 5.91 Å². The maximum atomic E-state index is 12.7. The molecule has 0 spiro atoms. The van der Waals surface area contributed by atoms with Crippen LogP contribution in [0, 0.1) is 12.8 Å². The first-order valence-corrected chi connectivity index (χ1v) is 12.2. The molecule has 7 nitrogen and oxygen atoms in total. The first kappa shape index (κ1) is 24.0. The lowest BCUT2D eigenvalue weighted by Crippen LogP contribution is -2.34. The van der Waals surface area contributed by atoms with Crippen molar-refractivity contribution >= 4 is 28.6 Å². The summed E-state index contributed by atoms with van der Waals surface area (Å²) < 4.78 is 5.83. The highest BCUT2D eigenvalue weighted by atomic mass is 16.3. The fraction of sp³-hybridized carbons (Fsp3) is 0.519. The number of amides is 1. The first-order valence-electron chi connectivity index (χ1n) is 12.2. The number of nitrogens with zero attached hydrogens (tertiary/aromatic N) is 3. The predicted octanol–water partition coefficient (Wildman–Crippen LogP) is 5.30. The lowest BCUT2D eigenvalue weighted by Gasteiger charge is -2.29. The average Bonchev–Trinajstić information content (AvgIpc) is 3.20. The number of hydrogen-bond acceptors (Lipinski definition) is 6. The summed E-state index contributed by atoms with van der Waals surface area (Å²) >= 11 is 0. The van der Waals surface area contributed by atoms with Crippen LogP contribution < -0.4 is 15.5 Å². The molecule has 1 fully saturated rings. The van der Waals surface area contributed by atoms with E-state index in [9.17, 15) is 4.79 Å². The predicted molar refractivity (Wildman–Crippen MR) is 138 cm³/mol. The van der Waals surface area contributed by atoms with Crippen LogP contribution in [0.1, 0.15) is 68.3 Å². The quantitative estimate of drug-likeness (QED) is 0.516. The number of aromatic nitrogens is 2. The van der Waals surface area contributed by atoms with Gasteiger partial charge < -0.3 is 20.0 Å². The number of carbonyl (C=O) groups is 1. The molecule has 1 saturated carbocycles. The molecular formula is C27H37N5O2. The molecule has 0 atom stereocenters. The fourth-order valence-electron chi connectivity index (χ4n) is 4.57. The summed E-state index contributed by atoms with van der Waals surface area (Å²) in [5, 5.41) is 7.74. The van der Waals surface area contributed by atoms with Gasteiger partial charge in [-0.05, 0) is 56.7 Å². The molecule has 2 aromatic heterocycles. The largest absolute Gasteiger partial charge is 0.465 e. The minimum Gasteiger partial charge on any atom is -0.465 e. The Balaban J connectivity index is 1.31. The average molecular weight is 464 g/mol. The van der Waals surface area contributed by atoms with Crippen LogP contribution in [0.15, 0.2) is 34.7 Å². The molecule has 34 heavy (non-hydrogen) atoms. The molecule has 182 valence electrons. The van der Waals surface area contributed by atoms with Crippen LogP contribution in [0.25, 0.3) is 10.9 Å². The van der Waals surface area contributed by atoms with Gasteiger partial charge in [-0.2, -0.15) is 4.98 Å². The Morgan fingerprint density at radius 2 is 1.82 bits per heavy atom. The van der Waals surface area contributed by atoms with E-state index >= 15 is 0 Å². The zero-order valence-corrected chi connectivity index (χ0v) is 21.2. The van der Waals surface area contributed by atoms with Crippen molar-refractivity contribution < 1.29 is 9.21 Å². The molecule has 7 heteroatoms. The number of fused-ring (bicyclic) bond motifs is 1. The number of para-hydroxylation sites is 1. The molecule has 4 rings (SSSR count). The number of anilines is 2. The van der Waals surface area contributed by atoms with Crippen LogP contribution >= 0.6 is 0 Å². The van der Waals surface area contributed by atoms with Gasteiger partial charge in [0, 0.05) is 37.5 Å². The van der Waals surface area contributed by atoms with E-state index in [1.54, 1.807) is 0 Å². The second-order valence-electron chi connectivity index (χ2n) is 10.7. The van der Waals surface area contributed by atoms with E-state index in [2.05, 4.69) is 37.5 Å². The maximum absolute atomic E-state index is 12.7. The number of aryl methyl sites for hydroxylation is 1. The number of carbonyl (C=O) groups excluding carboxylic acids is 1. The summed E-state index contributed by atoms with van der Waals surface area (Å²) in [6.45, 7) is 8.81. The van der Waals surface area contributed by atoms with E-state index in [4.69, 9.17) is 14.4 Å². The van der Waals surface area contributed by atoms with Gasteiger partial charge in [-0.1, -0.05) is 32.9 Å². The van der Waals surface area contributed by atoms with Crippen LogP contribution in [0.3, 0.4) is 0 Å². The topological polar surface area (TPSA) is 83.3 Å². The van der Waals surface area contributed by atoms with Gasteiger partial charge in [0.15, 0.2) is 0 Å². The van der Waals surface area contributed by atoms with Crippen molar-refractivity contribution in [1.82, 2.24) is 15.3 Å². The lowest BCUT2D eigenvalue weighted by atomic mass is 9.86. The van der Waals surface area contributed by atoms with Crippen LogP contribution in [-0.4, -0.2) is 42.6 Å². The SMILES string of the molecule is Cc1oc(C(C)(C)C)cc1C(=O)NC[C@H]1CC[C@@H](Nc2nc(N(C)C)c3ccccc3n2)CC1. The van der Waals surface area contributed by atoms with Crippen molar-refractivity contribution in [1.29, 1.82) is 0 Å². The number of rotatable bonds is 6. The van der Waals surface area contributed by atoms with Gasteiger partial charge in [0.1, 0.15) is 17.3 Å². The molecule has 1 aliphatic rings. The van der Waals surface area contributed by atoms with Crippen molar-refractivity contribution in [3.63, 3.8) is 0 Å². The summed E-state index contributed by atoms with van der Waals surface area (Å²) in [5.74, 6) is 3.57. The Labute approximate surface area is 202 Å². The highest BCUT2D eigenvalue weighted by Gasteiger charge is 2.25. The fourth-order valence-corrected chi connectivity index (χ4v) is 4.57. The normalized spacial score (nSPS) is 18.6. The monoisotopic (exact) mass is 463 g/mol. The third-order valence-electron chi connectivity index (χ3n) is 6.64. The Morgan fingerprint density at radius 3 is 2.47 bits per heavy atom. The molecule has 0 bridgehead atoms. The Hall–Kier alpha value is -3.09. The van der Waals surface area contributed by atoms with Crippen molar-refractivity contribution in [3.05, 3.63) is 47.4 Å². The third kappa shape index (κ3) is 5.34. The second-order valence-corrected chi connectivity index (χ2v) is 10.7. The molecule has 0 aliphatic heterocycles. The summed E-state index contributed by atoms with van der Waals surface area (Å²) in [5.41, 5.74) is 1.48. The zero-order valence-electron chi connectivity index (χ0n) is 21.2. The second kappa shape index (κ2) is 9.65. The van der Waals surface area contributed by atoms with Crippen LogP contribution in [0.2, 0.25) is 0 Å². The zero-order chi connectivity index (χ0) is 24.5. The van der Waals surface area contributed by atoms with E-state index in [0.29, 0.717) is 35.8 Å². The Bertz CT molecular complexity index is 1150. The van der Waals surface area contributed by atoms with Crippen LogP contribution in [0.4, 0.5) is 11.8 Å². The van der Waals surface area contributed by atoms with Crippen molar-refractivity contribution in [2.24, 2.45) is 5.92 Å². The number of benzene rings is 1. The number of furan rings is 1. The van der Waals surface area contributed by atoms with E-state index in [-0.39, 0.29) is 11.3 Å². The van der Waals surface area contributed by atoms with Crippen molar-refractivity contribution in [2.45, 2.75) is 64.8 Å². The van der Waals surface area contributed by atoms with Crippen LogP contribution in [0.5, 0.6) is 0 Å². The maximum Gasteiger partial charge on any atom is 0.254 e. The minimum absolute atomic E-state index is 0.0437. The van der Waals surface area contributed by atoms with Gasteiger partial charge in [0.2, 0.25) is 5.95 Å².